The number of rotatable bonds is 4. The highest BCUT2D eigenvalue weighted by Crippen LogP contribution is 2.20. The number of halogens is 2. The topological polar surface area (TPSA) is 58.4 Å². The van der Waals surface area contributed by atoms with Gasteiger partial charge in [-0.05, 0) is 42.3 Å². The van der Waals surface area contributed by atoms with Crippen LogP contribution >= 0.6 is 36.6 Å². The van der Waals surface area contributed by atoms with E-state index < -0.39 is 0 Å². The number of amides is 1. The second-order valence-corrected chi connectivity index (χ2v) is 7.34. The zero-order valence-corrected chi connectivity index (χ0v) is 17.2. The maximum atomic E-state index is 12.3. The van der Waals surface area contributed by atoms with E-state index in [2.05, 4.69) is 22.3 Å². The lowest BCUT2D eigenvalue weighted by Crippen LogP contribution is -2.31. The van der Waals surface area contributed by atoms with Crippen LogP contribution in [0.25, 0.3) is 0 Å². The number of nitrogens with one attached hydrogen (secondary N) is 1. The van der Waals surface area contributed by atoms with Crippen LogP contribution in [0.5, 0.6) is 0 Å². The average molecular weight is 414 g/mol. The SMILES string of the molecule is Cc1cc(CN2CCSCC2)ccc1NC(=O)c1cccc(N)c1.Cl.Cl. The number of benzene rings is 2. The Morgan fingerprint density at radius 1 is 1.15 bits per heavy atom. The third-order valence-electron chi connectivity index (χ3n) is 4.20. The molecule has 1 amide bonds. The van der Waals surface area contributed by atoms with Crippen LogP contribution in [-0.4, -0.2) is 35.4 Å². The minimum Gasteiger partial charge on any atom is -0.399 e. The fourth-order valence-corrected chi connectivity index (χ4v) is 3.83. The fraction of sp³-hybridized carbons (Fsp3) is 0.316. The number of hydrogen-bond donors (Lipinski definition) is 2. The van der Waals surface area contributed by atoms with E-state index in [1.165, 1.54) is 17.1 Å². The van der Waals surface area contributed by atoms with Crippen molar-refractivity contribution in [3.8, 4) is 0 Å². The van der Waals surface area contributed by atoms with Crippen molar-refractivity contribution in [2.24, 2.45) is 0 Å². The highest BCUT2D eigenvalue weighted by atomic mass is 35.5. The molecule has 0 atom stereocenters. The Morgan fingerprint density at radius 2 is 1.88 bits per heavy atom. The monoisotopic (exact) mass is 413 g/mol. The van der Waals surface area contributed by atoms with Gasteiger partial charge in [0.1, 0.15) is 0 Å². The summed E-state index contributed by atoms with van der Waals surface area (Å²) < 4.78 is 0. The molecule has 1 saturated heterocycles. The first-order valence-electron chi connectivity index (χ1n) is 8.18. The summed E-state index contributed by atoms with van der Waals surface area (Å²) in [5, 5.41) is 2.97. The molecule has 0 bridgehead atoms. The molecule has 4 nitrogen and oxygen atoms in total. The van der Waals surface area contributed by atoms with Crippen LogP contribution in [0.15, 0.2) is 42.5 Å². The first kappa shape index (κ1) is 22.6. The zero-order valence-electron chi connectivity index (χ0n) is 14.7. The predicted molar refractivity (Wildman–Crippen MR) is 117 cm³/mol. The molecule has 2 aromatic carbocycles. The number of nitrogens with zero attached hydrogens (tertiary/aromatic N) is 1. The van der Waals surface area contributed by atoms with Crippen LogP contribution in [0.1, 0.15) is 21.5 Å². The number of anilines is 2. The van der Waals surface area contributed by atoms with Crippen molar-refractivity contribution in [3.63, 3.8) is 0 Å². The number of carbonyl (C=O) groups is 1. The van der Waals surface area contributed by atoms with Crippen molar-refractivity contribution < 1.29 is 4.79 Å². The molecule has 1 aliphatic heterocycles. The van der Waals surface area contributed by atoms with E-state index >= 15 is 0 Å². The molecule has 3 N–H and O–H groups in total. The van der Waals surface area contributed by atoms with Gasteiger partial charge in [0.15, 0.2) is 0 Å². The lowest BCUT2D eigenvalue weighted by molar-refractivity contribution is 0.102. The number of thioether (sulfide) groups is 1. The van der Waals surface area contributed by atoms with Gasteiger partial charge in [0.05, 0.1) is 0 Å². The van der Waals surface area contributed by atoms with Crippen molar-refractivity contribution in [1.29, 1.82) is 0 Å². The van der Waals surface area contributed by atoms with Gasteiger partial charge in [-0.15, -0.1) is 24.8 Å². The first-order valence-corrected chi connectivity index (χ1v) is 9.34. The number of nitrogen functional groups attached to an aromatic ring is 1. The molecule has 0 unspecified atom stereocenters. The maximum absolute atomic E-state index is 12.3. The van der Waals surface area contributed by atoms with Crippen LogP contribution in [0.3, 0.4) is 0 Å². The van der Waals surface area contributed by atoms with E-state index in [0.717, 1.165) is 30.9 Å². The summed E-state index contributed by atoms with van der Waals surface area (Å²) in [6.45, 7) is 5.31. The summed E-state index contributed by atoms with van der Waals surface area (Å²) in [4.78, 5) is 14.8. The average Bonchev–Trinajstić information content (AvgIpc) is 2.58. The second-order valence-electron chi connectivity index (χ2n) is 6.12. The number of carbonyl (C=O) groups excluding carboxylic acids is 1. The Morgan fingerprint density at radius 3 is 2.54 bits per heavy atom. The minimum absolute atomic E-state index is 0. The summed E-state index contributed by atoms with van der Waals surface area (Å²) in [5.41, 5.74) is 10.1. The third kappa shape index (κ3) is 6.09. The maximum Gasteiger partial charge on any atom is 0.255 e. The van der Waals surface area contributed by atoms with Crippen LogP contribution in [0.2, 0.25) is 0 Å². The van der Waals surface area contributed by atoms with Crippen LogP contribution in [-0.2, 0) is 6.54 Å². The summed E-state index contributed by atoms with van der Waals surface area (Å²) >= 11 is 2.02. The smallest absolute Gasteiger partial charge is 0.255 e. The van der Waals surface area contributed by atoms with E-state index in [0.29, 0.717) is 11.3 Å². The van der Waals surface area contributed by atoms with E-state index in [1.54, 1.807) is 24.3 Å². The highest BCUT2D eigenvalue weighted by Gasteiger charge is 2.12. The van der Waals surface area contributed by atoms with Gasteiger partial charge in [0, 0.05) is 48.1 Å². The Labute approximate surface area is 171 Å². The van der Waals surface area contributed by atoms with Gasteiger partial charge in [0.2, 0.25) is 0 Å². The Bertz CT molecular complexity index is 736. The van der Waals surface area contributed by atoms with Gasteiger partial charge in [-0.1, -0.05) is 18.2 Å². The normalized spacial score (nSPS) is 14.0. The molecule has 0 radical (unpaired) electrons. The summed E-state index contributed by atoms with van der Waals surface area (Å²) in [6.07, 6.45) is 0. The minimum atomic E-state index is -0.133. The molecule has 0 saturated carbocycles. The summed E-state index contributed by atoms with van der Waals surface area (Å²) in [6, 6.07) is 13.3. The third-order valence-corrected chi connectivity index (χ3v) is 5.14. The van der Waals surface area contributed by atoms with Gasteiger partial charge >= 0.3 is 0 Å². The molecule has 142 valence electrons. The first-order chi connectivity index (χ1) is 11.6. The van der Waals surface area contributed by atoms with Crippen LogP contribution < -0.4 is 11.1 Å². The molecule has 0 spiro atoms. The quantitative estimate of drug-likeness (QED) is 0.736. The van der Waals surface area contributed by atoms with Gasteiger partial charge in [-0.2, -0.15) is 11.8 Å². The molecule has 1 heterocycles. The molecule has 3 rings (SSSR count). The molecule has 0 aromatic heterocycles. The van der Waals surface area contributed by atoms with Gasteiger partial charge in [0.25, 0.3) is 5.91 Å². The Kier molecular flexibility index (Phi) is 9.30. The van der Waals surface area contributed by atoms with Crippen molar-refractivity contribution in [1.82, 2.24) is 4.90 Å². The predicted octanol–water partition coefficient (Wildman–Crippen LogP) is 4.22. The van der Waals surface area contributed by atoms with E-state index in [1.807, 2.05) is 24.8 Å². The van der Waals surface area contributed by atoms with E-state index in [4.69, 9.17) is 5.73 Å². The standard InChI is InChI=1S/C19H23N3OS.2ClH/c1-14-11-15(13-22-7-9-24-10-8-22)5-6-18(14)21-19(23)16-3-2-4-17(20)12-16;;/h2-6,11-12H,7-10,13,20H2,1H3,(H,21,23);2*1H. The highest BCUT2D eigenvalue weighted by molar-refractivity contribution is 7.99. The second kappa shape index (κ2) is 10.7. The molecule has 2 aromatic rings. The van der Waals surface area contributed by atoms with Crippen molar-refractivity contribution in [3.05, 3.63) is 59.2 Å². The molecular weight excluding hydrogens is 389 g/mol. The van der Waals surface area contributed by atoms with E-state index in [9.17, 15) is 4.79 Å². The zero-order chi connectivity index (χ0) is 16.9. The summed E-state index contributed by atoms with van der Waals surface area (Å²) in [7, 11) is 0. The Hall–Kier alpha value is -1.40. The number of aryl methyl sites for hydroxylation is 1. The van der Waals surface area contributed by atoms with Crippen molar-refractivity contribution in [2.45, 2.75) is 13.5 Å². The van der Waals surface area contributed by atoms with Gasteiger partial charge < -0.3 is 11.1 Å². The molecule has 1 aliphatic rings. The molecule has 1 fully saturated rings. The van der Waals surface area contributed by atoms with Crippen LogP contribution in [0.4, 0.5) is 11.4 Å². The van der Waals surface area contributed by atoms with Gasteiger partial charge in [-0.3, -0.25) is 9.69 Å². The number of hydrogen-bond acceptors (Lipinski definition) is 4. The fourth-order valence-electron chi connectivity index (χ4n) is 2.86. The van der Waals surface area contributed by atoms with Crippen molar-refractivity contribution >= 4 is 53.9 Å². The molecule has 0 aliphatic carbocycles. The Balaban J connectivity index is 0.00000169. The van der Waals surface area contributed by atoms with Crippen LogP contribution in [0, 0.1) is 6.92 Å². The molecule has 26 heavy (non-hydrogen) atoms. The lowest BCUT2D eigenvalue weighted by atomic mass is 10.1. The lowest BCUT2D eigenvalue weighted by Gasteiger charge is -2.26. The largest absolute Gasteiger partial charge is 0.399 e. The van der Waals surface area contributed by atoms with E-state index in [-0.39, 0.29) is 30.7 Å². The molecule has 7 heteroatoms. The van der Waals surface area contributed by atoms with Gasteiger partial charge in [-0.25, -0.2) is 0 Å². The van der Waals surface area contributed by atoms with Crippen molar-refractivity contribution in [2.75, 3.05) is 35.6 Å². The number of nitrogens with two attached hydrogens (primary N) is 1. The molecular formula is C19H25Cl2N3OS. The summed E-state index contributed by atoms with van der Waals surface area (Å²) in [5.74, 6) is 2.30.